The van der Waals surface area contributed by atoms with Gasteiger partial charge in [0.1, 0.15) is 0 Å². The molecule has 0 unspecified atom stereocenters. The van der Waals surface area contributed by atoms with Crippen molar-refractivity contribution in [1.29, 1.82) is 0 Å². The van der Waals surface area contributed by atoms with E-state index in [1.807, 2.05) is 20.8 Å². The summed E-state index contributed by atoms with van der Waals surface area (Å²) in [5.74, 6) is 0.690. The number of nitrogens with one attached hydrogen (secondary N) is 3. The predicted molar refractivity (Wildman–Crippen MR) is 82.4 cm³/mol. The molecule has 0 radical (unpaired) electrons. The lowest BCUT2D eigenvalue weighted by Gasteiger charge is -2.25. The first-order chi connectivity index (χ1) is 9.90. The summed E-state index contributed by atoms with van der Waals surface area (Å²) >= 11 is 0. The molecule has 1 aromatic rings. The largest absolute Gasteiger partial charge is 0.310 e. The number of hydrogen-bond acceptors (Lipinski definition) is 4. The van der Waals surface area contributed by atoms with Gasteiger partial charge in [0.25, 0.3) is 10.0 Å². The van der Waals surface area contributed by atoms with Gasteiger partial charge in [0, 0.05) is 30.4 Å². The Balaban J connectivity index is 2.00. The van der Waals surface area contributed by atoms with Gasteiger partial charge in [0.2, 0.25) is 0 Å². The van der Waals surface area contributed by atoms with Crippen LogP contribution < -0.4 is 10.0 Å². The maximum absolute atomic E-state index is 12.4. The van der Waals surface area contributed by atoms with Crippen LogP contribution >= 0.6 is 0 Å². The molecule has 1 saturated carbocycles. The average Bonchev–Trinajstić information content (AvgIpc) is 2.72. The van der Waals surface area contributed by atoms with E-state index < -0.39 is 10.0 Å². The highest BCUT2D eigenvalue weighted by Crippen LogP contribution is 2.29. The zero-order valence-electron chi connectivity index (χ0n) is 13.1. The Morgan fingerprint density at radius 1 is 1.38 bits per heavy atom. The molecule has 1 fully saturated rings. The maximum Gasteiger partial charge on any atom is 0.260 e. The van der Waals surface area contributed by atoms with E-state index in [4.69, 9.17) is 0 Å². The first-order valence-electron chi connectivity index (χ1n) is 7.67. The molecule has 1 aromatic heterocycles. The topological polar surface area (TPSA) is 86.9 Å². The summed E-state index contributed by atoms with van der Waals surface area (Å²) in [6.45, 7) is 6.90. The maximum atomic E-state index is 12.4. The van der Waals surface area contributed by atoms with Crippen LogP contribution in [0.15, 0.2) is 5.03 Å². The molecule has 21 heavy (non-hydrogen) atoms. The van der Waals surface area contributed by atoms with Crippen LogP contribution in [0, 0.1) is 12.8 Å². The van der Waals surface area contributed by atoms with E-state index in [9.17, 15) is 8.42 Å². The molecule has 0 saturated heterocycles. The fourth-order valence-electron chi connectivity index (χ4n) is 2.41. The summed E-state index contributed by atoms with van der Waals surface area (Å²) in [4.78, 5) is 0. The van der Waals surface area contributed by atoms with Crippen molar-refractivity contribution >= 4 is 10.0 Å². The summed E-state index contributed by atoms with van der Waals surface area (Å²) in [7, 11) is -3.53. The fraction of sp³-hybridized carbons (Fsp3) is 0.786. The molecular weight excluding hydrogens is 288 g/mol. The minimum Gasteiger partial charge on any atom is -0.310 e. The smallest absolute Gasteiger partial charge is 0.260 e. The lowest BCUT2D eigenvalue weighted by molar-refractivity contribution is 0.297. The van der Waals surface area contributed by atoms with Gasteiger partial charge < -0.3 is 5.32 Å². The lowest BCUT2D eigenvalue weighted by Crippen LogP contribution is -2.29. The molecule has 0 aliphatic heterocycles. The molecule has 1 heterocycles. The van der Waals surface area contributed by atoms with Crippen molar-refractivity contribution in [2.24, 2.45) is 5.92 Å². The van der Waals surface area contributed by atoms with Crippen molar-refractivity contribution < 1.29 is 8.42 Å². The number of hydrogen-bond donors (Lipinski definition) is 3. The second kappa shape index (κ2) is 6.89. The molecule has 120 valence electrons. The van der Waals surface area contributed by atoms with Gasteiger partial charge in [0.15, 0.2) is 5.03 Å². The third kappa shape index (κ3) is 4.28. The van der Waals surface area contributed by atoms with Gasteiger partial charge in [-0.05, 0) is 19.3 Å². The van der Waals surface area contributed by atoms with E-state index in [-0.39, 0.29) is 5.03 Å². The Morgan fingerprint density at radius 3 is 2.67 bits per heavy atom. The highest BCUT2D eigenvalue weighted by Gasteiger charge is 2.24. The van der Waals surface area contributed by atoms with Crippen molar-refractivity contribution in [3.8, 4) is 0 Å². The molecule has 0 spiro atoms. The number of aromatic amines is 1. The quantitative estimate of drug-likeness (QED) is 0.681. The van der Waals surface area contributed by atoms with E-state index in [1.54, 1.807) is 0 Å². The highest BCUT2D eigenvalue weighted by atomic mass is 32.2. The molecule has 2 rings (SSSR count). The Hall–Kier alpha value is -0.920. The standard InChI is InChI=1S/C14H26N4O2S/c1-10(2)15-9-13-11(3)17-18-14(13)21(19,20)16-8-7-12-5-4-6-12/h10,12,15-16H,4-9H2,1-3H3,(H,17,18). The Kier molecular flexibility index (Phi) is 5.40. The van der Waals surface area contributed by atoms with Crippen LogP contribution in [0.5, 0.6) is 0 Å². The van der Waals surface area contributed by atoms with Crippen molar-refractivity contribution in [3.05, 3.63) is 11.3 Å². The molecule has 3 N–H and O–H groups in total. The number of sulfonamides is 1. The van der Waals surface area contributed by atoms with Crippen LogP contribution in [0.2, 0.25) is 0 Å². The number of nitrogens with zero attached hydrogens (tertiary/aromatic N) is 1. The molecule has 0 atom stereocenters. The molecule has 0 bridgehead atoms. The zero-order valence-corrected chi connectivity index (χ0v) is 13.9. The first-order valence-corrected chi connectivity index (χ1v) is 9.15. The Labute approximate surface area is 127 Å². The second-order valence-electron chi connectivity index (χ2n) is 6.15. The van der Waals surface area contributed by atoms with E-state index >= 15 is 0 Å². The number of H-pyrrole nitrogens is 1. The van der Waals surface area contributed by atoms with Crippen molar-refractivity contribution in [2.75, 3.05) is 6.54 Å². The minimum absolute atomic E-state index is 0.127. The third-order valence-corrected chi connectivity index (χ3v) is 5.48. The number of aryl methyl sites for hydroxylation is 1. The van der Waals surface area contributed by atoms with Gasteiger partial charge in [-0.3, -0.25) is 5.10 Å². The molecule has 1 aliphatic carbocycles. The minimum atomic E-state index is -3.53. The Morgan fingerprint density at radius 2 is 2.10 bits per heavy atom. The fourth-order valence-corrected chi connectivity index (χ4v) is 3.65. The van der Waals surface area contributed by atoms with Gasteiger partial charge >= 0.3 is 0 Å². The summed E-state index contributed by atoms with van der Waals surface area (Å²) in [5, 5.41) is 10.1. The van der Waals surface area contributed by atoms with Gasteiger partial charge in [-0.25, -0.2) is 13.1 Å². The Bertz CT molecular complexity index is 562. The van der Waals surface area contributed by atoms with E-state index in [0.717, 1.165) is 17.7 Å². The van der Waals surface area contributed by atoms with Crippen molar-refractivity contribution in [3.63, 3.8) is 0 Å². The number of rotatable bonds is 8. The molecule has 0 amide bonds. The average molecular weight is 314 g/mol. The lowest BCUT2D eigenvalue weighted by atomic mass is 9.83. The van der Waals surface area contributed by atoms with Gasteiger partial charge in [-0.1, -0.05) is 33.1 Å². The van der Waals surface area contributed by atoms with Gasteiger partial charge in [-0.2, -0.15) is 5.10 Å². The first kappa shape index (κ1) is 16.5. The van der Waals surface area contributed by atoms with Crippen LogP contribution in [0.1, 0.15) is 50.8 Å². The summed E-state index contributed by atoms with van der Waals surface area (Å²) in [6, 6.07) is 0.293. The molecular formula is C14H26N4O2S. The van der Waals surface area contributed by atoms with Gasteiger partial charge in [0.05, 0.1) is 0 Å². The molecule has 7 heteroatoms. The third-order valence-electron chi connectivity index (χ3n) is 4.05. The number of aromatic nitrogens is 2. The normalized spacial score (nSPS) is 16.4. The SMILES string of the molecule is Cc1[nH]nc(S(=O)(=O)NCCC2CCC2)c1CNC(C)C. The summed E-state index contributed by atoms with van der Waals surface area (Å²) in [5.41, 5.74) is 1.52. The molecule has 6 nitrogen and oxygen atoms in total. The monoisotopic (exact) mass is 314 g/mol. The second-order valence-corrected chi connectivity index (χ2v) is 7.83. The zero-order chi connectivity index (χ0) is 15.5. The molecule has 0 aromatic carbocycles. The van der Waals surface area contributed by atoms with E-state index in [2.05, 4.69) is 20.2 Å². The van der Waals surface area contributed by atoms with Crippen LogP contribution in [0.4, 0.5) is 0 Å². The van der Waals surface area contributed by atoms with Gasteiger partial charge in [-0.15, -0.1) is 0 Å². The van der Waals surface area contributed by atoms with Crippen LogP contribution in [0.25, 0.3) is 0 Å². The van der Waals surface area contributed by atoms with Crippen molar-refractivity contribution in [2.45, 2.75) is 64.1 Å². The van der Waals surface area contributed by atoms with Crippen LogP contribution in [-0.2, 0) is 16.6 Å². The summed E-state index contributed by atoms with van der Waals surface area (Å²) < 4.78 is 27.4. The van der Waals surface area contributed by atoms with E-state index in [1.165, 1.54) is 19.3 Å². The predicted octanol–water partition coefficient (Wildman–Crippen LogP) is 1.68. The highest BCUT2D eigenvalue weighted by molar-refractivity contribution is 7.89. The van der Waals surface area contributed by atoms with Crippen LogP contribution in [0.3, 0.4) is 0 Å². The van der Waals surface area contributed by atoms with Crippen LogP contribution in [-0.4, -0.2) is 31.2 Å². The van der Waals surface area contributed by atoms with E-state index in [0.29, 0.717) is 25.0 Å². The summed E-state index contributed by atoms with van der Waals surface area (Å²) in [6.07, 6.45) is 4.66. The van der Waals surface area contributed by atoms with Crippen molar-refractivity contribution in [1.82, 2.24) is 20.2 Å². The molecule has 1 aliphatic rings.